The number of amides is 1. The predicted molar refractivity (Wildman–Crippen MR) is 103 cm³/mol. The van der Waals surface area contributed by atoms with Crippen LogP contribution in [0.2, 0.25) is 0 Å². The van der Waals surface area contributed by atoms with Gasteiger partial charge in [0, 0.05) is 6.20 Å². The number of thiophene rings is 1. The molecule has 0 spiro atoms. The van der Waals surface area contributed by atoms with E-state index in [1.54, 1.807) is 20.8 Å². The molecule has 1 amide bonds. The van der Waals surface area contributed by atoms with Crippen molar-refractivity contribution in [3.8, 4) is 0 Å². The number of aromatic nitrogens is 2. The van der Waals surface area contributed by atoms with Crippen LogP contribution in [-0.2, 0) is 14.3 Å². The lowest BCUT2D eigenvalue weighted by Gasteiger charge is -2.12. The van der Waals surface area contributed by atoms with Crippen molar-refractivity contribution in [1.82, 2.24) is 9.78 Å². The zero-order valence-electron chi connectivity index (χ0n) is 16.3. The van der Waals surface area contributed by atoms with E-state index in [2.05, 4.69) is 10.4 Å². The van der Waals surface area contributed by atoms with Crippen molar-refractivity contribution < 1.29 is 33.8 Å². The van der Waals surface area contributed by atoms with Crippen molar-refractivity contribution in [2.75, 3.05) is 18.5 Å². The fourth-order valence-electron chi connectivity index (χ4n) is 2.44. The monoisotopic (exact) mass is 423 g/mol. The van der Waals surface area contributed by atoms with E-state index in [9.17, 15) is 19.2 Å². The van der Waals surface area contributed by atoms with E-state index < -0.39 is 29.9 Å². The van der Waals surface area contributed by atoms with Crippen molar-refractivity contribution in [2.45, 2.75) is 33.7 Å². The molecule has 29 heavy (non-hydrogen) atoms. The highest BCUT2D eigenvalue weighted by molar-refractivity contribution is 7.18. The molecule has 2 heterocycles. The molecule has 2 N–H and O–H groups in total. The number of anilines is 1. The van der Waals surface area contributed by atoms with Crippen LogP contribution in [0, 0.1) is 6.92 Å². The van der Waals surface area contributed by atoms with Gasteiger partial charge < -0.3 is 19.9 Å². The SMILES string of the molecule is CCOC(=O)c1sc(NC(=O)C(C)n2cc(C(=O)O)cn2)c(C(=O)OCC)c1C. The van der Waals surface area contributed by atoms with Gasteiger partial charge in [-0.05, 0) is 33.3 Å². The van der Waals surface area contributed by atoms with Gasteiger partial charge in [0.1, 0.15) is 15.9 Å². The third-order valence-corrected chi connectivity index (χ3v) is 5.14. The number of carbonyl (C=O) groups excluding carboxylic acids is 3. The maximum Gasteiger partial charge on any atom is 0.348 e. The molecule has 2 aromatic heterocycles. The summed E-state index contributed by atoms with van der Waals surface area (Å²) in [6.45, 7) is 6.68. The third-order valence-electron chi connectivity index (χ3n) is 3.95. The molecule has 2 aromatic rings. The summed E-state index contributed by atoms with van der Waals surface area (Å²) in [7, 11) is 0. The van der Waals surface area contributed by atoms with Gasteiger partial charge in [-0.3, -0.25) is 9.48 Å². The summed E-state index contributed by atoms with van der Waals surface area (Å²) in [5, 5.41) is 15.6. The van der Waals surface area contributed by atoms with Gasteiger partial charge in [0.15, 0.2) is 0 Å². The lowest BCUT2D eigenvalue weighted by Crippen LogP contribution is -2.24. The highest BCUT2D eigenvalue weighted by Gasteiger charge is 2.28. The van der Waals surface area contributed by atoms with E-state index in [1.807, 2.05) is 0 Å². The number of nitrogens with zero attached hydrogens (tertiary/aromatic N) is 2. The Hall–Kier alpha value is -3.21. The normalized spacial score (nSPS) is 11.6. The van der Waals surface area contributed by atoms with E-state index in [0.29, 0.717) is 5.56 Å². The van der Waals surface area contributed by atoms with Gasteiger partial charge in [-0.2, -0.15) is 5.10 Å². The van der Waals surface area contributed by atoms with E-state index in [4.69, 9.17) is 14.6 Å². The lowest BCUT2D eigenvalue weighted by molar-refractivity contribution is -0.119. The number of hydrogen-bond acceptors (Lipinski definition) is 8. The minimum atomic E-state index is -1.17. The quantitative estimate of drug-likeness (QED) is 0.618. The number of ether oxygens (including phenoxy) is 2. The van der Waals surface area contributed by atoms with Gasteiger partial charge in [0.25, 0.3) is 0 Å². The van der Waals surface area contributed by atoms with Crippen LogP contribution in [0.3, 0.4) is 0 Å². The second kappa shape index (κ2) is 9.32. The first-order valence-corrected chi connectivity index (χ1v) is 9.58. The molecule has 10 nitrogen and oxygen atoms in total. The van der Waals surface area contributed by atoms with Crippen molar-refractivity contribution >= 4 is 40.2 Å². The summed E-state index contributed by atoms with van der Waals surface area (Å²) in [6, 6.07) is -0.869. The molecule has 0 bridgehead atoms. The van der Waals surface area contributed by atoms with Crippen molar-refractivity contribution in [1.29, 1.82) is 0 Å². The molecular formula is C18H21N3O7S. The van der Waals surface area contributed by atoms with Crippen molar-refractivity contribution in [3.63, 3.8) is 0 Å². The van der Waals surface area contributed by atoms with Crippen LogP contribution in [0.25, 0.3) is 0 Å². The summed E-state index contributed by atoms with van der Waals surface area (Å²) >= 11 is 0.908. The molecule has 0 saturated carbocycles. The molecule has 2 rings (SSSR count). The van der Waals surface area contributed by atoms with Crippen LogP contribution in [0.15, 0.2) is 12.4 Å². The first-order valence-electron chi connectivity index (χ1n) is 8.77. The van der Waals surface area contributed by atoms with Crippen LogP contribution < -0.4 is 5.32 Å². The summed E-state index contributed by atoms with van der Waals surface area (Å²) in [4.78, 5) is 48.4. The number of carboxylic acids is 1. The molecule has 11 heteroatoms. The topological polar surface area (TPSA) is 137 Å². The van der Waals surface area contributed by atoms with Crippen LogP contribution >= 0.6 is 11.3 Å². The number of carbonyl (C=O) groups is 4. The molecule has 1 unspecified atom stereocenters. The summed E-state index contributed by atoms with van der Waals surface area (Å²) in [6.07, 6.45) is 2.35. The Morgan fingerprint density at radius 1 is 1.21 bits per heavy atom. The van der Waals surface area contributed by atoms with Gasteiger partial charge in [-0.25, -0.2) is 14.4 Å². The Morgan fingerprint density at radius 3 is 2.38 bits per heavy atom. The predicted octanol–water partition coefficient (Wildman–Crippen LogP) is 2.50. The van der Waals surface area contributed by atoms with E-state index in [1.165, 1.54) is 17.8 Å². The zero-order chi connectivity index (χ0) is 21.7. The third kappa shape index (κ3) is 4.80. The van der Waals surface area contributed by atoms with Gasteiger partial charge in [-0.1, -0.05) is 0 Å². The van der Waals surface area contributed by atoms with Crippen LogP contribution in [0.4, 0.5) is 5.00 Å². The standard InChI is InChI=1S/C18H21N3O7S/c1-5-27-17(25)12-9(3)13(18(26)28-6-2)29-15(12)20-14(22)10(4)21-8-11(7-19-21)16(23)24/h7-8,10H,5-6H2,1-4H3,(H,20,22)(H,23,24). The lowest BCUT2D eigenvalue weighted by atomic mass is 10.1. The second-order valence-corrected chi connectivity index (χ2v) is 6.90. The average molecular weight is 423 g/mol. The first kappa shape index (κ1) is 22.1. The molecule has 0 aliphatic heterocycles. The molecule has 0 fully saturated rings. The number of rotatable bonds is 8. The van der Waals surface area contributed by atoms with Crippen molar-refractivity contribution in [2.24, 2.45) is 0 Å². The number of hydrogen-bond donors (Lipinski definition) is 2. The number of esters is 2. The molecule has 156 valence electrons. The Morgan fingerprint density at radius 2 is 1.83 bits per heavy atom. The minimum Gasteiger partial charge on any atom is -0.478 e. The average Bonchev–Trinajstić information content (AvgIpc) is 3.27. The second-order valence-electron chi connectivity index (χ2n) is 5.88. The zero-order valence-corrected chi connectivity index (χ0v) is 17.2. The summed E-state index contributed by atoms with van der Waals surface area (Å²) in [5.74, 6) is -2.99. The molecular weight excluding hydrogens is 402 g/mol. The molecule has 0 saturated heterocycles. The van der Waals surface area contributed by atoms with Gasteiger partial charge >= 0.3 is 17.9 Å². The highest BCUT2D eigenvalue weighted by atomic mass is 32.1. The smallest absolute Gasteiger partial charge is 0.348 e. The van der Waals surface area contributed by atoms with Crippen LogP contribution in [0.5, 0.6) is 0 Å². The fraction of sp³-hybridized carbons (Fsp3) is 0.389. The molecule has 0 aliphatic carbocycles. The largest absolute Gasteiger partial charge is 0.478 e. The molecule has 0 aromatic carbocycles. The first-order chi connectivity index (χ1) is 13.7. The maximum absolute atomic E-state index is 12.7. The van der Waals surface area contributed by atoms with E-state index >= 15 is 0 Å². The maximum atomic E-state index is 12.7. The van der Waals surface area contributed by atoms with Gasteiger partial charge in [0.05, 0.1) is 30.5 Å². The number of nitrogens with one attached hydrogen (secondary N) is 1. The highest BCUT2D eigenvalue weighted by Crippen LogP contribution is 2.34. The van der Waals surface area contributed by atoms with Gasteiger partial charge in [0.2, 0.25) is 5.91 Å². The minimum absolute atomic E-state index is 0.0616. The number of carboxylic acid groups (broad SMARTS) is 1. The fourth-order valence-corrected chi connectivity index (χ4v) is 3.53. The summed E-state index contributed by atoms with van der Waals surface area (Å²) < 4.78 is 11.2. The van der Waals surface area contributed by atoms with Crippen LogP contribution in [0.1, 0.15) is 62.8 Å². The van der Waals surface area contributed by atoms with Crippen LogP contribution in [-0.4, -0.2) is 51.9 Å². The Kier molecular flexibility index (Phi) is 7.10. The number of aromatic carboxylic acids is 1. The molecule has 0 radical (unpaired) electrons. The molecule has 0 aliphatic rings. The van der Waals surface area contributed by atoms with Gasteiger partial charge in [-0.15, -0.1) is 11.3 Å². The van der Waals surface area contributed by atoms with E-state index in [0.717, 1.165) is 17.5 Å². The molecule has 1 atom stereocenters. The van der Waals surface area contributed by atoms with Crippen molar-refractivity contribution in [3.05, 3.63) is 34.0 Å². The Labute approximate surface area is 170 Å². The van der Waals surface area contributed by atoms with E-state index in [-0.39, 0.29) is 34.2 Å². The Balaban J connectivity index is 2.34. The Bertz CT molecular complexity index is 947. The summed E-state index contributed by atoms with van der Waals surface area (Å²) in [5.41, 5.74) is 0.364.